The fourth-order valence-electron chi connectivity index (χ4n) is 2.82. The van der Waals surface area contributed by atoms with Crippen LogP contribution < -0.4 is 0 Å². The molecule has 0 amide bonds. The number of esters is 1. The molecule has 1 unspecified atom stereocenters. The van der Waals surface area contributed by atoms with E-state index in [0.717, 1.165) is 24.3 Å². The van der Waals surface area contributed by atoms with E-state index in [2.05, 4.69) is 72.4 Å². The topological polar surface area (TPSA) is 26.3 Å². The molecule has 2 nitrogen and oxygen atoms in total. The third-order valence-corrected chi connectivity index (χ3v) is 6.91. The fourth-order valence-corrected chi connectivity index (χ4v) is 5.23. The van der Waals surface area contributed by atoms with E-state index in [1.807, 2.05) is 11.8 Å². The number of hydrogen-bond donors (Lipinski definition) is 0. The number of unbranched alkanes of at least 4 members (excludes halogenated alkanes) is 1. The summed E-state index contributed by atoms with van der Waals surface area (Å²) in [5, 5.41) is 0.645. The van der Waals surface area contributed by atoms with E-state index >= 15 is 0 Å². The Hall–Kier alpha value is -1.39. The molecule has 0 radical (unpaired) electrons. The van der Waals surface area contributed by atoms with Crippen molar-refractivity contribution in [1.82, 2.24) is 0 Å². The molecule has 0 spiro atoms. The van der Waals surface area contributed by atoms with Crippen LogP contribution in [0.3, 0.4) is 0 Å². The average molecular weight is 403 g/mol. The van der Waals surface area contributed by atoms with Crippen LogP contribution in [-0.2, 0) is 21.0 Å². The Kier molecular flexibility index (Phi) is 11.1. The summed E-state index contributed by atoms with van der Waals surface area (Å²) in [6, 6.07) is 21.4. The SMILES string of the molecule is COC(=O)CCCCC(CCSCc1ccccc1)SCc1ccccc1. The van der Waals surface area contributed by atoms with Gasteiger partial charge < -0.3 is 4.74 Å². The van der Waals surface area contributed by atoms with E-state index in [0.29, 0.717) is 11.7 Å². The summed E-state index contributed by atoms with van der Waals surface area (Å²) < 4.78 is 4.74. The number of methoxy groups -OCH3 is 1. The maximum absolute atomic E-state index is 11.3. The second-order valence-corrected chi connectivity index (χ2v) is 8.96. The number of rotatable bonds is 13. The Balaban J connectivity index is 1.72. The monoisotopic (exact) mass is 402 g/mol. The number of carbonyl (C=O) groups excluding carboxylic acids is 1. The van der Waals surface area contributed by atoms with Crippen molar-refractivity contribution in [3.8, 4) is 0 Å². The second kappa shape index (κ2) is 13.7. The summed E-state index contributed by atoms with van der Waals surface area (Å²) in [5.74, 6) is 3.23. The summed E-state index contributed by atoms with van der Waals surface area (Å²) in [6.45, 7) is 0. The Morgan fingerprint density at radius 3 is 2.15 bits per heavy atom. The molecular formula is C23H30O2S2. The first kappa shape index (κ1) is 21.9. The average Bonchev–Trinajstić information content (AvgIpc) is 2.73. The quantitative estimate of drug-likeness (QED) is 0.288. The lowest BCUT2D eigenvalue weighted by molar-refractivity contribution is -0.140. The van der Waals surface area contributed by atoms with Gasteiger partial charge in [0.1, 0.15) is 0 Å². The fraction of sp³-hybridized carbons (Fsp3) is 0.435. The van der Waals surface area contributed by atoms with Gasteiger partial charge in [-0.3, -0.25) is 4.79 Å². The van der Waals surface area contributed by atoms with Crippen molar-refractivity contribution in [2.24, 2.45) is 0 Å². The van der Waals surface area contributed by atoms with Gasteiger partial charge in [-0.05, 0) is 36.1 Å². The van der Waals surface area contributed by atoms with Gasteiger partial charge in [0.05, 0.1) is 7.11 Å². The van der Waals surface area contributed by atoms with Gasteiger partial charge in [0, 0.05) is 23.2 Å². The van der Waals surface area contributed by atoms with Crippen molar-refractivity contribution in [2.45, 2.75) is 48.9 Å². The highest BCUT2D eigenvalue weighted by Crippen LogP contribution is 2.27. The van der Waals surface area contributed by atoms with Crippen molar-refractivity contribution in [1.29, 1.82) is 0 Å². The summed E-state index contributed by atoms with van der Waals surface area (Å²) in [7, 11) is 1.46. The van der Waals surface area contributed by atoms with Gasteiger partial charge in [0.2, 0.25) is 0 Å². The highest BCUT2D eigenvalue weighted by atomic mass is 32.2. The van der Waals surface area contributed by atoms with Crippen LogP contribution in [0.25, 0.3) is 0 Å². The van der Waals surface area contributed by atoms with Crippen molar-refractivity contribution in [3.63, 3.8) is 0 Å². The third kappa shape index (κ3) is 9.92. The molecule has 0 saturated carbocycles. The van der Waals surface area contributed by atoms with Crippen LogP contribution in [-0.4, -0.2) is 24.1 Å². The van der Waals surface area contributed by atoms with Crippen LogP contribution in [0.5, 0.6) is 0 Å². The Labute approximate surface area is 172 Å². The molecule has 0 aliphatic carbocycles. The normalized spacial score (nSPS) is 11.9. The van der Waals surface area contributed by atoms with Crippen molar-refractivity contribution < 1.29 is 9.53 Å². The lowest BCUT2D eigenvalue weighted by atomic mass is 10.1. The van der Waals surface area contributed by atoms with Gasteiger partial charge >= 0.3 is 5.97 Å². The van der Waals surface area contributed by atoms with Crippen molar-refractivity contribution >= 4 is 29.5 Å². The zero-order valence-corrected chi connectivity index (χ0v) is 17.8. The number of ether oxygens (including phenoxy) is 1. The Morgan fingerprint density at radius 1 is 0.889 bits per heavy atom. The third-order valence-electron chi connectivity index (χ3n) is 4.41. The molecule has 0 N–H and O–H groups in total. The zero-order chi connectivity index (χ0) is 19.2. The van der Waals surface area contributed by atoms with Crippen molar-refractivity contribution in [2.75, 3.05) is 12.9 Å². The van der Waals surface area contributed by atoms with Gasteiger partial charge in [0.15, 0.2) is 0 Å². The summed E-state index contributed by atoms with van der Waals surface area (Å²) in [5.41, 5.74) is 2.79. The molecular weight excluding hydrogens is 372 g/mol. The van der Waals surface area contributed by atoms with Gasteiger partial charge in [-0.15, -0.1) is 0 Å². The molecule has 146 valence electrons. The minimum absolute atomic E-state index is 0.0955. The summed E-state index contributed by atoms with van der Waals surface area (Å²) in [4.78, 5) is 11.3. The predicted molar refractivity (Wildman–Crippen MR) is 119 cm³/mol. The molecule has 4 heteroatoms. The lowest BCUT2D eigenvalue weighted by Gasteiger charge is -2.16. The number of benzene rings is 2. The molecule has 0 heterocycles. The molecule has 2 rings (SSSR count). The zero-order valence-electron chi connectivity index (χ0n) is 16.1. The minimum Gasteiger partial charge on any atom is -0.469 e. The molecule has 0 aromatic heterocycles. The highest BCUT2D eigenvalue weighted by Gasteiger charge is 2.11. The Bertz CT molecular complexity index is 631. The molecule has 0 fully saturated rings. The molecule has 0 bridgehead atoms. The van der Waals surface area contributed by atoms with E-state index in [1.165, 1.54) is 36.8 Å². The maximum Gasteiger partial charge on any atom is 0.305 e. The number of hydrogen-bond acceptors (Lipinski definition) is 4. The van der Waals surface area contributed by atoms with Crippen LogP contribution in [0.2, 0.25) is 0 Å². The molecule has 2 aromatic carbocycles. The first-order valence-electron chi connectivity index (χ1n) is 9.62. The molecule has 0 saturated heterocycles. The van der Waals surface area contributed by atoms with Gasteiger partial charge in [-0.25, -0.2) is 0 Å². The molecule has 27 heavy (non-hydrogen) atoms. The first-order valence-corrected chi connectivity index (χ1v) is 11.8. The number of thioether (sulfide) groups is 2. The number of carbonyl (C=O) groups is 1. The van der Waals surface area contributed by atoms with Gasteiger partial charge in [0.25, 0.3) is 0 Å². The summed E-state index contributed by atoms with van der Waals surface area (Å²) in [6.07, 6.45) is 4.93. The van der Waals surface area contributed by atoms with E-state index in [1.54, 1.807) is 0 Å². The van der Waals surface area contributed by atoms with Crippen LogP contribution in [0, 0.1) is 0 Å². The van der Waals surface area contributed by atoms with E-state index in [-0.39, 0.29) is 5.97 Å². The Morgan fingerprint density at radius 2 is 1.52 bits per heavy atom. The van der Waals surface area contributed by atoms with Crippen LogP contribution in [0.4, 0.5) is 0 Å². The summed E-state index contributed by atoms with van der Waals surface area (Å²) >= 11 is 4.07. The molecule has 0 aliphatic heterocycles. The molecule has 1 atom stereocenters. The van der Waals surface area contributed by atoms with Gasteiger partial charge in [-0.1, -0.05) is 67.1 Å². The van der Waals surface area contributed by atoms with Crippen LogP contribution in [0.15, 0.2) is 60.7 Å². The van der Waals surface area contributed by atoms with Crippen LogP contribution >= 0.6 is 23.5 Å². The molecule has 0 aliphatic rings. The van der Waals surface area contributed by atoms with E-state index in [4.69, 9.17) is 4.74 Å². The lowest BCUT2D eigenvalue weighted by Crippen LogP contribution is -2.06. The first-order chi connectivity index (χ1) is 13.3. The smallest absolute Gasteiger partial charge is 0.305 e. The standard InChI is InChI=1S/C23H30O2S2/c1-25-23(24)15-9-8-14-22(27-19-21-12-6-3-7-13-21)16-17-26-18-20-10-4-2-5-11-20/h2-7,10-13,22H,8-9,14-19H2,1H3. The van der Waals surface area contributed by atoms with E-state index < -0.39 is 0 Å². The largest absolute Gasteiger partial charge is 0.469 e. The predicted octanol–water partition coefficient (Wildman–Crippen LogP) is 6.35. The van der Waals surface area contributed by atoms with Crippen LogP contribution in [0.1, 0.15) is 43.2 Å². The highest BCUT2D eigenvalue weighted by molar-refractivity contribution is 7.99. The molecule has 2 aromatic rings. The second-order valence-electron chi connectivity index (χ2n) is 6.57. The van der Waals surface area contributed by atoms with E-state index in [9.17, 15) is 4.79 Å². The maximum atomic E-state index is 11.3. The van der Waals surface area contributed by atoms with Gasteiger partial charge in [-0.2, -0.15) is 23.5 Å². The minimum atomic E-state index is -0.0955. The van der Waals surface area contributed by atoms with Crippen molar-refractivity contribution in [3.05, 3.63) is 71.8 Å².